The van der Waals surface area contributed by atoms with E-state index in [4.69, 9.17) is 4.52 Å². The van der Waals surface area contributed by atoms with Crippen LogP contribution in [0.15, 0.2) is 70.4 Å². The van der Waals surface area contributed by atoms with Crippen LogP contribution in [0.2, 0.25) is 0 Å². The molecule has 1 amide bonds. The first-order valence-corrected chi connectivity index (χ1v) is 10.2. The largest absolute Gasteiger partial charge is 0.361 e. The lowest BCUT2D eigenvalue weighted by Crippen LogP contribution is -2.35. The van der Waals surface area contributed by atoms with E-state index in [0.717, 1.165) is 22.9 Å². The summed E-state index contributed by atoms with van der Waals surface area (Å²) >= 11 is 1.51. The minimum Gasteiger partial charge on any atom is -0.361 e. The standard InChI is InChI=1S/C22H21N3O2S/c1-16-14-19(24-27-16)15-28-21-20(8-5-11-23-21)22(26)25-12-9-18(10-13-25)17-6-3-2-4-7-17/h2-9,11,14H,10,12-13,15H2,1H3. The van der Waals surface area contributed by atoms with E-state index in [0.29, 0.717) is 24.4 Å². The summed E-state index contributed by atoms with van der Waals surface area (Å²) in [6.45, 7) is 3.19. The van der Waals surface area contributed by atoms with Crippen LogP contribution in [0.25, 0.3) is 5.57 Å². The molecule has 1 aliphatic heterocycles. The summed E-state index contributed by atoms with van der Waals surface area (Å²) < 4.78 is 5.11. The van der Waals surface area contributed by atoms with Crippen molar-refractivity contribution in [2.75, 3.05) is 13.1 Å². The Hall–Kier alpha value is -2.86. The molecule has 0 bridgehead atoms. The molecule has 0 atom stereocenters. The van der Waals surface area contributed by atoms with Gasteiger partial charge in [-0.05, 0) is 36.6 Å². The molecule has 0 saturated heterocycles. The van der Waals surface area contributed by atoms with Crippen molar-refractivity contribution < 1.29 is 9.32 Å². The summed E-state index contributed by atoms with van der Waals surface area (Å²) in [5.74, 6) is 1.42. The minimum atomic E-state index is 0.0234. The fourth-order valence-electron chi connectivity index (χ4n) is 3.24. The Morgan fingerprint density at radius 2 is 2.07 bits per heavy atom. The Morgan fingerprint density at radius 3 is 2.79 bits per heavy atom. The highest BCUT2D eigenvalue weighted by molar-refractivity contribution is 7.98. The van der Waals surface area contributed by atoms with Gasteiger partial charge < -0.3 is 9.42 Å². The number of benzene rings is 1. The van der Waals surface area contributed by atoms with E-state index >= 15 is 0 Å². The number of carbonyl (C=O) groups excluding carboxylic acids is 1. The van der Waals surface area contributed by atoms with Crippen LogP contribution in [0, 0.1) is 6.92 Å². The molecule has 0 unspecified atom stereocenters. The van der Waals surface area contributed by atoms with Gasteiger partial charge in [-0.15, -0.1) is 0 Å². The normalized spacial score (nSPS) is 14.0. The van der Waals surface area contributed by atoms with Crippen molar-refractivity contribution in [3.63, 3.8) is 0 Å². The molecule has 0 N–H and O–H groups in total. The molecule has 2 aromatic heterocycles. The zero-order valence-electron chi connectivity index (χ0n) is 15.7. The lowest BCUT2D eigenvalue weighted by atomic mass is 9.99. The molecule has 0 aliphatic carbocycles. The quantitative estimate of drug-likeness (QED) is 0.595. The van der Waals surface area contributed by atoms with Crippen molar-refractivity contribution in [1.29, 1.82) is 0 Å². The van der Waals surface area contributed by atoms with Gasteiger partial charge in [0.1, 0.15) is 10.8 Å². The summed E-state index contributed by atoms with van der Waals surface area (Å²) in [4.78, 5) is 19.4. The van der Waals surface area contributed by atoms with E-state index in [1.54, 1.807) is 6.20 Å². The van der Waals surface area contributed by atoms with Crippen LogP contribution in [0.4, 0.5) is 0 Å². The number of nitrogens with zero attached hydrogens (tertiary/aromatic N) is 3. The number of thioether (sulfide) groups is 1. The Balaban J connectivity index is 1.46. The maximum absolute atomic E-state index is 13.1. The molecule has 6 heteroatoms. The SMILES string of the molecule is Cc1cc(CSc2ncccc2C(=O)N2CC=C(c3ccccc3)CC2)no1. The number of hydrogen-bond donors (Lipinski definition) is 0. The molecule has 1 aliphatic rings. The first-order chi connectivity index (χ1) is 13.7. The number of amides is 1. The third kappa shape index (κ3) is 4.17. The highest BCUT2D eigenvalue weighted by Gasteiger charge is 2.22. The van der Waals surface area contributed by atoms with Crippen molar-refractivity contribution in [2.24, 2.45) is 0 Å². The van der Waals surface area contributed by atoms with Gasteiger partial charge in [-0.1, -0.05) is 53.3 Å². The van der Waals surface area contributed by atoms with E-state index in [1.807, 2.05) is 48.2 Å². The number of rotatable bonds is 5. The zero-order valence-corrected chi connectivity index (χ0v) is 16.5. The first-order valence-electron chi connectivity index (χ1n) is 9.24. The van der Waals surface area contributed by atoms with Crippen LogP contribution in [0.1, 0.15) is 33.8 Å². The Labute approximate surface area is 168 Å². The molecule has 3 aromatic rings. The molecule has 0 saturated carbocycles. The van der Waals surface area contributed by atoms with Crippen LogP contribution in [0.3, 0.4) is 0 Å². The van der Waals surface area contributed by atoms with Gasteiger partial charge in [-0.25, -0.2) is 4.98 Å². The smallest absolute Gasteiger partial charge is 0.256 e. The van der Waals surface area contributed by atoms with Gasteiger partial charge in [0, 0.05) is 31.1 Å². The predicted octanol–water partition coefficient (Wildman–Crippen LogP) is 4.60. The zero-order chi connectivity index (χ0) is 19.3. The van der Waals surface area contributed by atoms with Crippen molar-refractivity contribution in [1.82, 2.24) is 15.0 Å². The number of pyridine rings is 1. The lowest BCUT2D eigenvalue weighted by molar-refractivity contribution is 0.0768. The van der Waals surface area contributed by atoms with Gasteiger partial charge in [-0.3, -0.25) is 4.79 Å². The van der Waals surface area contributed by atoms with Crippen LogP contribution in [-0.4, -0.2) is 34.0 Å². The molecule has 5 nitrogen and oxygen atoms in total. The van der Waals surface area contributed by atoms with E-state index in [2.05, 4.69) is 28.3 Å². The summed E-state index contributed by atoms with van der Waals surface area (Å²) in [5, 5.41) is 4.73. The first kappa shape index (κ1) is 18.5. The van der Waals surface area contributed by atoms with E-state index in [-0.39, 0.29) is 5.91 Å². The molecular weight excluding hydrogens is 370 g/mol. The average molecular weight is 391 g/mol. The monoisotopic (exact) mass is 391 g/mol. The topological polar surface area (TPSA) is 59.2 Å². The molecule has 0 spiro atoms. The van der Waals surface area contributed by atoms with Crippen LogP contribution < -0.4 is 0 Å². The Bertz CT molecular complexity index is 998. The summed E-state index contributed by atoms with van der Waals surface area (Å²) in [6, 6.07) is 15.9. The number of carbonyl (C=O) groups is 1. The fourth-order valence-corrected chi connectivity index (χ4v) is 4.10. The minimum absolute atomic E-state index is 0.0234. The van der Waals surface area contributed by atoms with Crippen molar-refractivity contribution >= 4 is 23.2 Å². The molecule has 4 rings (SSSR count). The second-order valence-corrected chi connectivity index (χ2v) is 7.63. The molecule has 28 heavy (non-hydrogen) atoms. The van der Waals surface area contributed by atoms with Gasteiger partial charge >= 0.3 is 0 Å². The van der Waals surface area contributed by atoms with Crippen LogP contribution in [0.5, 0.6) is 0 Å². The van der Waals surface area contributed by atoms with Gasteiger partial charge in [0.15, 0.2) is 0 Å². The van der Waals surface area contributed by atoms with Crippen LogP contribution in [-0.2, 0) is 5.75 Å². The molecule has 142 valence electrons. The third-order valence-electron chi connectivity index (χ3n) is 4.68. The molecule has 0 radical (unpaired) electrons. The third-order valence-corrected chi connectivity index (χ3v) is 5.71. The van der Waals surface area contributed by atoms with Crippen molar-refractivity contribution in [2.45, 2.75) is 24.1 Å². The second-order valence-electron chi connectivity index (χ2n) is 6.67. The highest BCUT2D eigenvalue weighted by Crippen LogP contribution is 2.27. The van der Waals surface area contributed by atoms with E-state index < -0.39 is 0 Å². The highest BCUT2D eigenvalue weighted by atomic mass is 32.2. The predicted molar refractivity (Wildman–Crippen MR) is 110 cm³/mol. The van der Waals surface area contributed by atoms with Gasteiger partial charge in [0.2, 0.25) is 0 Å². The average Bonchev–Trinajstić information content (AvgIpc) is 3.18. The second kappa shape index (κ2) is 8.44. The number of aromatic nitrogens is 2. The molecular formula is C22H21N3O2S. The van der Waals surface area contributed by atoms with Crippen molar-refractivity contribution in [3.8, 4) is 0 Å². The molecule has 1 aromatic carbocycles. The van der Waals surface area contributed by atoms with Gasteiger partial charge in [-0.2, -0.15) is 0 Å². The summed E-state index contributed by atoms with van der Waals surface area (Å²) in [7, 11) is 0. The molecule has 0 fully saturated rings. The molecule has 3 heterocycles. The van der Waals surface area contributed by atoms with Crippen LogP contribution >= 0.6 is 11.8 Å². The van der Waals surface area contributed by atoms with Gasteiger partial charge in [0.25, 0.3) is 5.91 Å². The van der Waals surface area contributed by atoms with E-state index in [1.165, 1.54) is 22.9 Å². The Morgan fingerprint density at radius 1 is 1.21 bits per heavy atom. The Kier molecular flexibility index (Phi) is 5.58. The van der Waals surface area contributed by atoms with Gasteiger partial charge in [0.05, 0.1) is 11.3 Å². The fraction of sp³-hybridized carbons (Fsp3) is 0.227. The van der Waals surface area contributed by atoms with E-state index in [9.17, 15) is 4.79 Å². The maximum atomic E-state index is 13.1. The summed E-state index contributed by atoms with van der Waals surface area (Å²) in [6.07, 6.45) is 4.73. The maximum Gasteiger partial charge on any atom is 0.256 e. The lowest BCUT2D eigenvalue weighted by Gasteiger charge is -2.27. The summed E-state index contributed by atoms with van der Waals surface area (Å²) in [5.41, 5.74) is 4.02. The number of aryl methyl sites for hydroxylation is 1. The van der Waals surface area contributed by atoms with Crippen molar-refractivity contribution in [3.05, 3.63) is 83.4 Å². The number of hydrogen-bond acceptors (Lipinski definition) is 5.